The number of unbranched alkanes of at least 4 members (excludes halogenated alkanes) is 1. The summed E-state index contributed by atoms with van der Waals surface area (Å²) in [5, 5.41) is 19.7. The van der Waals surface area contributed by atoms with Crippen molar-refractivity contribution in [1.82, 2.24) is 9.88 Å². The summed E-state index contributed by atoms with van der Waals surface area (Å²) in [5.74, 6) is 0.0521. The summed E-state index contributed by atoms with van der Waals surface area (Å²) in [4.78, 5) is 22.7. The normalized spacial score (nSPS) is 19.6. The lowest BCUT2D eigenvalue weighted by atomic mass is 9.70. The summed E-state index contributed by atoms with van der Waals surface area (Å²) in [6.45, 7) is 10.3. The molecule has 7 nitrogen and oxygen atoms in total. The van der Waals surface area contributed by atoms with E-state index in [1.54, 1.807) is 6.07 Å². The van der Waals surface area contributed by atoms with Crippen molar-refractivity contribution in [2.45, 2.75) is 57.4 Å². The molecule has 0 radical (unpaired) electrons. The number of ketones is 1. The number of nitrogens with one attached hydrogen (secondary N) is 1. The van der Waals surface area contributed by atoms with Gasteiger partial charge in [0.25, 0.3) is 0 Å². The molecule has 7 heteroatoms. The maximum absolute atomic E-state index is 14.1. The van der Waals surface area contributed by atoms with E-state index >= 15 is 0 Å². The van der Waals surface area contributed by atoms with E-state index in [0.717, 1.165) is 105 Å². The van der Waals surface area contributed by atoms with Crippen molar-refractivity contribution in [2.24, 2.45) is 0 Å². The van der Waals surface area contributed by atoms with Gasteiger partial charge in [-0.25, -0.2) is 0 Å². The molecule has 0 saturated carbocycles. The van der Waals surface area contributed by atoms with E-state index in [9.17, 15) is 15.2 Å². The van der Waals surface area contributed by atoms with E-state index in [-0.39, 0.29) is 12.4 Å². The van der Waals surface area contributed by atoms with Crippen LogP contribution in [0.3, 0.4) is 0 Å². The number of aliphatic hydroxyl groups excluding tert-OH is 1. The number of H-pyrrole nitrogens is 1. The van der Waals surface area contributed by atoms with Crippen LogP contribution in [0.5, 0.6) is 0 Å². The van der Waals surface area contributed by atoms with E-state index in [1.165, 1.54) is 11.3 Å². The van der Waals surface area contributed by atoms with Gasteiger partial charge in [0, 0.05) is 72.1 Å². The Morgan fingerprint density at radius 2 is 1.87 bits per heavy atom. The number of nitriles is 1. The average Bonchev–Trinajstić information content (AvgIpc) is 3.37. The Morgan fingerprint density at radius 3 is 2.59 bits per heavy atom. The predicted octanol–water partition coefficient (Wildman–Crippen LogP) is 4.53. The van der Waals surface area contributed by atoms with Crippen LogP contribution < -0.4 is 4.90 Å². The summed E-state index contributed by atoms with van der Waals surface area (Å²) in [6, 6.07) is 12.8. The topological polar surface area (TPSA) is 92.6 Å². The molecule has 1 aliphatic carbocycles. The fourth-order valence-electron chi connectivity index (χ4n) is 6.92. The van der Waals surface area contributed by atoms with Gasteiger partial charge >= 0.3 is 0 Å². The van der Waals surface area contributed by atoms with Gasteiger partial charge in [-0.1, -0.05) is 19.9 Å². The highest BCUT2D eigenvalue weighted by Gasteiger charge is 2.41. The molecule has 0 amide bonds. The second-order valence-corrected chi connectivity index (χ2v) is 11.8. The number of fused-ring (bicyclic) bond motifs is 4. The van der Waals surface area contributed by atoms with Crippen LogP contribution in [-0.4, -0.2) is 72.8 Å². The Morgan fingerprint density at radius 1 is 1.10 bits per heavy atom. The van der Waals surface area contributed by atoms with E-state index in [2.05, 4.69) is 46.8 Å². The molecule has 0 bridgehead atoms. The zero-order valence-electron chi connectivity index (χ0n) is 23.1. The minimum Gasteiger partial charge on any atom is -0.396 e. The standard InChI is InChI=1S/C32H38N4O3/c1-32(2)26-19-28(36-10-8-23(9-11-36)35-12-15-39-16-13-35)22(5-3-4-14-37)18-25(26)30(38)29-24-7-6-21(20-33)17-27(24)34-31(29)32/h6-7,17-19,23,34,37H,3-5,8-16H2,1-2H3. The molecule has 2 saturated heterocycles. The third-order valence-electron chi connectivity index (χ3n) is 9.14. The molecule has 3 heterocycles. The van der Waals surface area contributed by atoms with Crippen LogP contribution in [0.1, 0.15) is 77.8 Å². The second-order valence-electron chi connectivity index (χ2n) is 11.8. The molecule has 3 aromatic rings. The van der Waals surface area contributed by atoms with Gasteiger partial charge < -0.3 is 19.7 Å². The minimum absolute atomic E-state index is 0.0521. The molecule has 2 aromatic carbocycles. The molecule has 1 aromatic heterocycles. The van der Waals surface area contributed by atoms with Crippen molar-refractivity contribution in [3.8, 4) is 6.07 Å². The minimum atomic E-state index is -0.394. The molecule has 0 unspecified atom stereocenters. The van der Waals surface area contributed by atoms with Crippen LogP contribution in [0.15, 0.2) is 30.3 Å². The van der Waals surface area contributed by atoms with Gasteiger partial charge in [0.15, 0.2) is 5.78 Å². The number of rotatable bonds is 6. The summed E-state index contributed by atoms with van der Waals surface area (Å²) in [6.07, 6.45) is 4.74. The molecule has 0 atom stereocenters. The molecule has 2 N–H and O–H groups in total. The first-order chi connectivity index (χ1) is 18.9. The summed E-state index contributed by atoms with van der Waals surface area (Å²) >= 11 is 0. The second kappa shape index (κ2) is 10.4. The van der Waals surface area contributed by atoms with Crippen molar-refractivity contribution in [2.75, 3.05) is 50.9 Å². The predicted molar refractivity (Wildman–Crippen MR) is 153 cm³/mol. The zero-order valence-corrected chi connectivity index (χ0v) is 23.1. The molecule has 0 spiro atoms. The molecule has 39 heavy (non-hydrogen) atoms. The Labute approximate surface area is 230 Å². The van der Waals surface area contributed by atoms with Gasteiger partial charge in [-0.05, 0) is 67.5 Å². The van der Waals surface area contributed by atoms with Crippen molar-refractivity contribution < 1.29 is 14.6 Å². The van der Waals surface area contributed by atoms with Crippen LogP contribution in [-0.2, 0) is 16.6 Å². The number of nitrogens with zero attached hydrogens (tertiary/aromatic N) is 3. The molecular formula is C32H38N4O3. The first kappa shape index (κ1) is 26.1. The van der Waals surface area contributed by atoms with Crippen molar-refractivity contribution in [3.63, 3.8) is 0 Å². The molecule has 204 valence electrons. The van der Waals surface area contributed by atoms with Gasteiger partial charge in [-0.15, -0.1) is 0 Å². The van der Waals surface area contributed by atoms with Gasteiger partial charge in [0.1, 0.15) is 0 Å². The fourth-order valence-corrected chi connectivity index (χ4v) is 6.92. The molecular weight excluding hydrogens is 488 g/mol. The number of aromatic amines is 1. The van der Waals surface area contributed by atoms with Crippen molar-refractivity contribution in [3.05, 3.63) is 63.8 Å². The number of ether oxygens (including phenoxy) is 1. The number of hydrogen-bond acceptors (Lipinski definition) is 6. The SMILES string of the molecule is CC1(C)c2cc(N3CCC(N4CCOCC4)CC3)c(CCCCO)cc2C(=O)c2c1[nH]c1cc(C#N)ccc21. The zero-order chi connectivity index (χ0) is 27.1. The Hall–Kier alpha value is -3.18. The van der Waals surface area contributed by atoms with E-state index in [1.807, 2.05) is 12.1 Å². The van der Waals surface area contributed by atoms with Crippen LogP contribution in [0.25, 0.3) is 10.9 Å². The lowest BCUT2D eigenvalue weighted by Crippen LogP contribution is -2.49. The van der Waals surface area contributed by atoms with Crippen LogP contribution in [0, 0.1) is 11.3 Å². The number of aliphatic hydroxyl groups is 1. The Balaban J connectivity index is 1.38. The first-order valence-electron chi connectivity index (χ1n) is 14.4. The third-order valence-corrected chi connectivity index (χ3v) is 9.14. The van der Waals surface area contributed by atoms with E-state index < -0.39 is 5.41 Å². The number of piperidine rings is 1. The number of aryl methyl sites for hydroxylation is 1. The maximum atomic E-state index is 14.1. The van der Waals surface area contributed by atoms with Gasteiger partial charge in [-0.3, -0.25) is 9.69 Å². The molecule has 3 aliphatic rings. The monoisotopic (exact) mass is 526 g/mol. The highest BCUT2D eigenvalue weighted by atomic mass is 16.5. The number of morpholine rings is 1. The van der Waals surface area contributed by atoms with E-state index in [4.69, 9.17) is 4.74 Å². The van der Waals surface area contributed by atoms with E-state index in [0.29, 0.717) is 11.6 Å². The lowest BCUT2D eigenvalue weighted by molar-refractivity contribution is 0.0115. The summed E-state index contributed by atoms with van der Waals surface area (Å²) in [5.41, 5.74) is 6.95. The number of anilines is 1. The third kappa shape index (κ3) is 4.55. The van der Waals surface area contributed by atoms with Crippen molar-refractivity contribution >= 4 is 22.4 Å². The quantitative estimate of drug-likeness (QED) is 0.459. The number of hydrogen-bond donors (Lipinski definition) is 2. The summed E-state index contributed by atoms with van der Waals surface area (Å²) < 4.78 is 5.57. The number of carbonyl (C=O) groups excluding carboxylic acids is 1. The Kier molecular flexibility index (Phi) is 6.96. The van der Waals surface area contributed by atoms with Crippen LogP contribution in [0.4, 0.5) is 5.69 Å². The summed E-state index contributed by atoms with van der Waals surface area (Å²) in [7, 11) is 0. The maximum Gasteiger partial charge on any atom is 0.195 e. The van der Waals surface area contributed by atoms with Crippen molar-refractivity contribution in [1.29, 1.82) is 5.26 Å². The number of benzene rings is 2. The molecule has 6 rings (SSSR count). The largest absolute Gasteiger partial charge is 0.396 e. The average molecular weight is 527 g/mol. The molecule has 2 aliphatic heterocycles. The number of aromatic nitrogens is 1. The van der Waals surface area contributed by atoms with Gasteiger partial charge in [0.05, 0.1) is 30.4 Å². The molecule has 2 fully saturated rings. The first-order valence-corrected chi connectivity index (χ1v) is 14.4. The highest BCUT2D eigenvalue weighted by Crippen LogP contribution is 2.46. The van der Waals surface area contributed by atoms with Crippen LogP contribution >= 0.6 is 0 Å². The van der Waals surface area contributed by atoms with Gasteiger partial charge in [0.2, 0.25) is 0 Å². The fraction of sp³-hybridized carbons (Fsp3) is 0.500. The smallest absolute Gasteiger partial charge is 0.195 e. The number of carbonyl (C=O) groups is 1. The lowest BCUT2D eigenvalue weighted by Gasteiger charge is -2.42. The Bertz CT molecular complexity index is 1440. The highest BCUT2D eigenvalue weighted by molar-refractivity contribution is 6.20. The van der Waals surface area contributed by atoms with Gasteiger partial charge in [-0.2, -0.15) is 5.26 Å². The van der Waals surface area contributed by atoms with Crippen LogP contribution in [0.2, 0.25) is 0 Å².